The fourth-order valence-electron chi connectivity index (χ4n) is 2.46. The van der Waals surface area contributed by atoms with Crippen LogP contribution in [0.1, 0.15) is 29.0 Å². The maximum atomic E-state index is 11.5. The molecule has 3 rings (SSSR count). The Morgan fingerprint density at radius 3 is 3.21 bits per heavy atom. The minimum absolute atomic E-state index is 0.445. The van der Waals surface area contributed by atoms with Crippen LogP contribution < -0.4 is 0 Å². The number of rotatable bonds is 3. The van der Waals surface area contributed by atoms with Gasteiger partial charge in [0.15, 0.2) is 11.9 Å². The molecule has 0 aromatic carbocycles. The van der Waals surface area contributed by atoms with Crippen LogP contribution in [0.4, 0.5) is 0 Å². The normalized spacial score (nSPS) is 19.3. The van der Waals surface area contributed by atoms with Gasteiger partial charge in [-0.2, -0.15) is 0 Å². The van der Waals surface area contributed by atoms with Crippen LogP contribution in [0.25, 0.3) is 0 Å². The molecule has 0 aliphatic carbocycles. The molecule has 0 radical (unpaired) electrons. The zero-order valence-corrected chi connectivity index (χ0v) is 10.5. The number of carboxylic acids is 1. The summed E-state index contributed by atoms with van der Waals surface area (Å²) in [6.45, 7) is 2.86. The van der Waals surface area contributed by atoms with Crippen molar-refractivity contribution >= 4 is 5.97 Å². The lowest BCUT2D eigenvalue weighted by atomic mass is 10.0. The minimum atomic E-state index is -0.895. The van der Waals surface area contributed by atoms with Crippen LogP contribution in [0.2, 0.25) is 0 Å². The Hall–Kier alpha value is -2.15. The van der Waals surface area contributed by atoms with Crippen molar-refractivity contribution in [3.05, 3.63) is 35.6 Å². The van der Waals surface area contributed by atoms with Crippen molar-refractivity contribution in [2.75, 3.05) is 6.54 Å². The van der Waals surface area contributed by atoms with Gasteiger partial charge in [-0.1, -0.05) is 0 Å². The first-order valence-electron chi connectivity index (χ1n) is 6.05. The number of aryl methyl sites for hydroxylation is 1. The number of aromatic nitrogens is 3. The van der Waals surface area contributed by atoms with Gasteiger partial charge in [0.25, 0.3) is 0 Å². The lowest BCUT2D eigenvalue weighted by Gasteiger charge is -2.31. The van der Waals surface area contributed by atoms with Gasteiger partial charge in [-0.25, -0.2) is 9.97 Å². The number of hydrogen-bond donors (Lipinski definition) is 2. The zero-order chi connectivity index (χ0) is 13.4. The van der Waals surface area contributed by atoms with E-state index in [1.54, 1.807) is 19.5 Å². The van der Waals surface area contributed by atoms with E-state index >= 15 is 0 Å². The summed E-state index contributed by atoms with van der Waals surface area (Å²) in [6.07, 6.45) is 3.87. The van der Waals surface area contributed by atoms with E-state index in [-0.39, 0.29) is 0 Å². The molecule has 0 amide bonds. The lowest BCUT2D eigenvalue weighted by Crippen LogP contribution is -2.39. The highest BCUT2D eigenvalue weighted by Gasteiger charge is 2.35. The fourth-order valence-corrected chi connectivity index (χ4v) is 2.46. The van der Waals surface area contributed by atoms with E-state index in [1.165, 1.54) is 0 Å². The van der Waals surface area contributed by atoms with Gasteiger partial charge in [-0.05, 0) is 0 Å². The molecule has 1 atom stereocenters. The van der Waals surface area contributed by atoms with Crippen LogP contribution in [0.15, 0.2) is 17.0 Å². The molecule has 0 spiro atoms. The molecule has 2 aromatic rings. The summed E-state index contributed by atoms with van der Waals surface area (Å²) in [4.78, 5) is 24.7. The Balaban J connectivity index is 1.87. The molecule has 1 unspecified atom stereocenters. The number of aromatic amines is 1. The quantitative estimate of drug-likeness (QED) is 0.853. The van der Waals surface area contributed by atoms with Crippen LogP contribution in [0.5, 0.6) is 0 Å². The molecule has 100 valence electrons. The molecular weight excluding hydrogens is 248 g/mol. The monoisotopic (exact) mass is 262 g/mol. The maximum Gasteiger partial charge on any atom is 0.327 e. The van der Waals surface area contributed by atoms with Crippen LogP contribution in [-0.2, 0) is 17.8 Å². The minimum Gasteiger partial charge on any atom is -0.480 e. The summed E-state index contributed by atoms with van der Waals surface area (Å²) in [7, 11) is 0. The summed E-state index contributed by atoms with van der Waals surface area (Å²) in [5.41, 5.74) is 2.24. The number of oxazole rings is 1. The predicted molar refractivity (Wildman–Crippen MR) is 64.3 cm³/mol. The molecule has 2 N–H and O–H groups in total. The van der Waals surface area contributed by atoms with E-state index in [9.17, 15) is 9.90 Å². The zero-order valence-electron chi connectivity index (χ0n) is 10.5. The predicted octanol–water partition coefficient (Wildman–Crippen LogP) is 0.890. The molecule has 0 fully saturated rings. The number of fused-ring (bicyclic) bond motifs is 1. The first kappa shape index (κ1) is 11.9. The highest BCUT2D eigenvalue weighted by Crippen LogP contribution is 2.28. The van der Waals surface area contributed by atoms with Gasteiger partial charge in [0.2, 0.25) is 0 Å². The molecule has 7 heteroatoms. The second-order valence-corrected chi connectivity index (χ2v) is 4.59. The average molecular weight is 262 g/mol. The molecule has 19 heavy (non-hydrogen) atoms. The SMILES string of the molecule is Cc1nc(CN2CCc3[nH]cnc3C2C(=O)O)co1. The number of nitrogens with zero attached hydrogens (tertiary/aromatic N) is 3. The standard InChI is InChI=1S/C12H14N4O3/c1-7-15-8(5-19-7)4-16-3-2-9-10(14-6-13-9)11(16)12(17)18/h5-6,11H,2-4H2,1H3,(H,13,14)(H,17,18). The first-order valence-corrected chi connectivity index (χ1v) is 6.05. The number of H-pyrrole nitrogens is 1. The second-order valence-electron chi connectivity index (χ2n) is 4.59. The number of hydrogen-bond acceptors (Lipinski definition) is 5. The third kappa shape index (κ3) is 2.12. The van der Waals surface area contributed by atoms with Gasteiger partial charge in [0.1, 0.15) is 6.26 Å². The molecule has 0 bridgehead atoms. The molecule has 0 saturated heterocycles. The van der Waals surface area contributed by atoms with Crippen LogP contribution in [0.3, 0.4) is 0 Å². The molecule has 0 saturated carbocycles. The molecule has 1 aliphatic heterocycles. The van der Waals surface area contributed by atoms with E-state index in [0.29, 0.717) is 24.7 Å². The Kier molecular flexibility index (Phi) is 2.83. The summed E-state index contributed by atoms with van der Waals surface area (Å²) in [5.74, 6) is -0.312. The van der Waals surface area contributed by atoms with Gasteiger partial charge in [0, 0.05) is 32.1 Å². The number of imidazole rings is 1. The van der Waals surface area contributed by atoms with Crippen LogP contribution in [0, 0.1) is 6.92 Å². The van der Waals surface area contributed by atoms with Gasteiger partial charge in [-0.15, -0.1) is 0 Å². The fraction of sp³-hybridized carbons (Fsp3) is 0.417. The Bertz CT molecular complexity index is 604. The largest absolute Gasteiger partial charge is 0.480 e. The van der Waals surface area contributed by atoms with Crippen molar-refractivity contribution in [3.8, 4) is 0 Å². The summed E-state index contributed by atoms with van der Waals surface area (Å²) in [5, 5.41) is 9.42. The second kappa shape index (κ2) is 4.51. The number of aliphatic carboxylic acids is 1. The van der Waals surface area contributed by atoms with E-state index in [0.717, 1.165) is 17.8 Å². The van der Waals surface area contributed by atoms with E-state index < -0.39 is 12.0 Å². The van der Waals surface area contributed by atoms with E-state index in [2.05, 4.69) is 15.0 Å². The maximum absolute atomic E-state index is 11.5. The van der Waals surface area contributed by atoms with E-state index in [4.69, 9.17) is 4.42 Å². The van der Waals surface area contributed by atoms with Gasteiger partial charge in [-0.3, -0.25) is 9.69 Å². The van der Waals surface area contributed by atoms with Crippen molar-refractivity contribution < 1.29 is 14.3 Å². The average Bonchev–Trinajstić information content (AvgIpc) is 2.97. The van der Waals surface area contributed by atoms with Crippen molar-refractivity contribution in [3.63, 3.8) is 0 Å². The van der Waals surface area contributed by atoms with Crippen molar-refractivity contribution in [2.45, 2.75) is 25.9 Å². The van der Waals surface area contributed by atoms with Gasteiger partial charge >= 0.3 is 5.97 Å². The molecule has 7 nitrogen and oxygen atoms in total. The molecular formula is C12H14N4O3. The summed E-state index contributed by atoms with van der Waals surface area (Å²) in [6, 6.07) is -0.730. The van der Waals surface area contributed by atoms with Crippen molar-refractivity contribution in [1.82, 2.24) is 19.9 Å². The topological polar surface area (TPSA) is 95.2 Å². The highest BCUT2D eigenvalue weighted by molar-refractivity contribution is 5.75. The summed E-state index contributed by atoms with van der Waals surface area (Å²) >= 11 is 0. The van der Waals surface area contributed by atoms with Gasteiger partial charge < -0.3 is 14.5 Å². The number of carboxylic acid groups (broad SMARTS) is 1. The van der Waals surface area contributed by atoms with E-state index in [1.807, 2.05) is 4.90 Å². The first-order chi connectivity index (χ1) is 9.15. The Labute approximate surface area is 109 Å². The molecule has 3 heterocycles. The Morgan fingerprint density at radius 2 is 2.53 bits per heavy atom. The third-order valence-electron chi connectivity index (χ3n) is 3.29. The van der Waals surface area contributed by atoms with Crippen molar-refractivity contribution in [2.24, 2.45) is 0 Å². The lowest BCUT2D eigenvalue weighted by molar-refractivity contribution is -0.144. The third-order valence-corrected chi connectivity index (χ3v) is 3.29. The number of nitrogens with one attached hydrogen (secondary N) is 1. The van der Waals surface area contributed by atoms with Gasteiger partial charge in [0.05, 0.1) is 17.7 Å². The smallest absolute Gasteiger partial charge is 0.327 e. The van der Waals surface area contributed by atoms with Crippen molar-refractivity contribution in [1.29, 1.82) is 0 Å². The molecule has 2 aromatic heterocycles. The Morgan fingerprint density at radius 1 is 1.68 bits per heavy atom. The van der Waals surface area contributed by atoms with Crippen LogP contribution >= 0.6 is 0 Å². The van der Waals surface area contributed by atoms with Crippen LogP contribution in [-0.4, -0.2) is 37.5 Å². The number of carbonyl (C=O) groups is 1. The molecule has 1 aliphatic rings. The summed E-state index contributed by atoms with van der Waals surface area (Å²) < 4.78 is 5.15. The highest BCUT2D eigenvalue weighted by atomic mass is 16.4.